The number of rotatable bonds is 3. The quantitative estimate of drug-likeness (QED) is 0.742. The number of methoxy groups -OCH3 is 1. The van der Waals surface area contributed by atoms with Crippen LogP contribution < -0.4 is 10.2 Å². The van der Waals surface area contributed by atoms with Gasteiger partial charge < -0.3 is 9.94 Å². The zero-order valence-corrected chi connectivity index (χ0v) is 7.73. The molecule has 0 saturated carbocycles. The number of nitrogens with one attached hydrogen (secondary N) is 1. The van der Waals surface area contributed by atoms with E-state index in [4.69, 9.17) is 21.5 Å². The van der Waals surface area contributed by atoms with Gasteiger partial charge in [0.1, 0.15) is 0 Å². The van der Waals surface area contributed by atoms with E-state index in [1.165, 1.54) is 19.2 Å². The Morgan fingerprint density at radius 3 is 2.85 bits per heavy atom. The van der Waals surface area contributed by atoms with Gasteiger partial charge in [-0.25, -0.2) is 9.87 Å². The van der Waals surface area contributed by atoms with Gasteiger partial charge in [-0.1, -0.05) is 11.6 Å². The van der Waals surface area contributed by atoms with Crippen LogP contribution in [0.1, 0.15) is 5.56 Å². The lowest BCUT2D eigenvalue weighted by atomic mass is 10.2. The molecule has 0 aliphatic rings. The lowest BCUT2D eigenvalue weighted by Gasteiger charge is -2.07. The highest BCUT2D eigenvalue weighted by Crippen LogP contribution is 2.25. The van der Waals surface area contributed by atoms with Crippen LogP contribution in [0.25, 0.3) is 0 Å². The Balaban J connectivity index is 3.11. The Labute approximate surface area is 80.0 Å². The molecule has 2 N–H and O–H groups in total. The molecule has 1 aromatic rings. The van der Waals surface area contributed by atoms with Crippen LogP contribution >= 0.6 is 11.6 Å². The first-order valence-electron chi connectivity index (χ1n) is 3.58. The number of benzene rings is 1. The van der Waals surface area contributed by atoms with Crippen molar-refractivity contribution >= 4 is 11.6 Å². The molecular weight excluding hydrogens is 197 g/mol. The third-order valence-corrected chi connectivity index (χ3v) is 1.79. The van der Waals surface area contributed by atoms with Crippen molar-refractivity contribution in [2.45, 2.75) is 6.54 Å². The maximum Gasteiger partial charge on any atom is 0.169 e. The number of hydrogen-bond acceptors (Lipinski definition) is 3. The molecule has 0 unspecified atom stereocenters. The van der Waals surface area contributed by atoms with E-state index in [-0.39, 0.29) is 17.9 Å². The highest BCUT2D eigenvalue weighted by molar-refractivity contribution is 6.30. The Morgan fingerprint density at radius 1 is 1.62 bits per heavy atom. The summed E-state index contributed by atoms with van der Waals surface area (Å²) in [4.78, 5) is 0. The van der Waals surface area contributed by atoms with Crippen LogP contribution in [0.4, 0.5) is 4.39 Å². The molecule has 0 atom stereocenters. The molecule has 1 rings (SSSR count). The molecule has 0 saturated heterocycles. The van der Waals surface area contributed by atoms with Crippen LogP contribution in [-0.2, 0) is 6.54 Å². The summed E-state index contributed by atoms with van der Waals surface area (Å²) in [5.41, 5.74) is 2.11. The molecule has 13 heavy (non-hydrogen) atoms. The van der Waals surface area contributed by atoms with E-state index in [0.29, 0.717) is 5.02 Å². The Morgan fingerprint density at radius 2 is 2.31 bits per heavy atom. The first kappa shape index (κ1) is 10.2. The number of hydroxylamine groups is 1. The van der Waals surface area contributed by atoms with Crippen LogP contribution in [0.2, 0.25) is 5.02 Å². The van der Waals surface area contributed by atoms with Crippen molar-refractivity contribution in [2.75, 3.05) is 7.11 Å². The van der Waals surface area contributed by atoms with Gasteiger partial charge in [0.05, 0.1) is 7.11 Å². The third-order valence-electron chi connectivity index (χ3n) is 1.57. The summed E-state index contributed by atoms with van der Waals surface area (Å²) in [6, 6.07) is 2.79. The number of ether oxygens (including phenoxy) is 1. The Kier molecular flexibility index (Phi) is 3.48. The largest absolute Gasteiger partial charge is 0.494 e. The molecule has 0 aromatic heterocycles. The summed E-state index contributed by atoms with van der Waals surface area (Å²) in [5.74, 6) is -0.453. The summed E-state index contributed by atoms with van der Waals surface area (Å²) >= 11 is 5.68. The zero-order valence-electron chi connectivity index (χ0n) is 6.97. The van der Waals surface area contributed by atoms with Gasteiger partial charge in [0.25, 0.3) is 0 Å². The SMILES string of the molecule is COc1cc(Cl)cc(CNO)c1F. The number of halogens is 2. The molecule has 0 bridgehead atoms. The molecule has 0 aliphatic carbocycles. The van der Waals surface area contributed by atoms with Crippen molar-refractivity contribution in [1.29, 1.82) is 0 Å². The zero-order chi connectivity index (χ0) is 9.84. The molecule has 72 valence electrons. The first-order valence-corrected chi connectivity index (χ1v) is 3.95. The summed E-state index contributed by atoms with van der Waals surface area (Å²) in [6.07, 6.45) is 0. The lowest BCUT2D eigenvalue weighted by Crippen LogP contribution is -2.08. The van der Waals surface area contributed by atoms with Gasteiger partial charge in [0.2, 0.25) is 0 Å². The molecule has 0 spiro atoms. The van der Waals surface area contributed by atoms with E-state index in [1.54, 1.807) is 0 Å². The van der Waals surface area contributed by atoms with Gasteiger partial charge in [0, 0.05) is 23.2 Å². The average Bonchev–Trinajstić information content (AvgIpc) is 2.11. The van der Waals surface area contributed by atoms with Gasteiger partial charge in [-0.15, -0.1) is 0 Å². The second-order valence-corrected chi connectivity index (χ2v) is 2.85. The maximum atomic E-state index is 13.3. The van der Waals surface area contributed by atoms with Gasteiger partial charge in [-0.3, -0.25) is 0 Å². The summed E-state index contributed by atoms with van der Waals surface area (Å²) in [6.45, 7) is -0.0112. The van der Waals surface area contributed by atoms with Crippen molar-refractivity contribution in [1.82, 2.24) is 5.48 Å². The minimum absolute atomic E-state index is 0.0112. The minimum atomic E-state index is -0.520. The molecule has 0 radical (unpaired) electrons. The van der Waals surface area contributed by atoms with Crippen LogP contribution in [0.3, 0.4) is 0 Å². The molecule has 1 aromatic carbocycles. The van der Waals surface area contributed by atoms with E-state index in [1.807, 2.05) is 5.48 Å². The standard InChI is InChI=1S/C8H9ClFNO2/c1-13-7-3-6(9)2-5(4-11-12)8(7)10/h2-3,11-12H,4H2,1H3. The maximum absolute atomic E-state index is 13.3. The van der Waals surface area contributed by atoms with Gasteiger partial charge in [0.15, 0.2) is 11.6 Å². The molecule has 0 aliphatic heterocycles. The van der Waals surface area contributed by atoms with Crippen molar-refractivity contribution in [3.05, 3.63) is 28.5 Å². The molecular formula is C8H9ClFNO2. The smallest absolute Gasteiger partial charge is 0.169 e. The fourth-order valence-electron chi connectivity index (χ4n) is 0.981. The summed E-state index contributed by atoms with van der Waals surface area (Å²) < 4.78 is 18.0. The van der Waals surface area contributed by atoms with Gasteiger partial charge in [-0.05, 0) is 6.07 Å². The Bertz CT molecular complexity index is 306. The topological polar surface area (TPSA) is 41.5 Å². The van der Waals surface area contributed by atoms with Crippen molar-refractivity contribution < 1.29 is 14.3 Å². The van der Waals surface area contributed by atoms with Crippen LogP contribution in [0.5, 0.6) is 5.75 Å². The predicted octanol–water partition coefficient (Wildman–Crippen LogP) is 1.97. The first-order chi connectivity index (χ1) is 6.19. The van der Waals surface area contributed by atoms with Crippen LogP contribution in [0, 0.1) is 5.82 Å². The van der Waals surface area contributed by atoms with E-state index >= 15 is 0 Å². The van der Waals surface area contributed by atoms with E-state index in [0.717, 1.165) is 0 Å². The van der Waals surface area contributed by atoms with Crippen molar-refractivity contribution in [3.63, 3.8) is 0 Å². The highest BCUT2D eigenvalue weighted by Gasteiger charge is 2.09. The fourth-order valence-corrected chi connectivity index (χ4v) is 1.21. The van der Waals surface area contributed by atoms with Gasteiger partial charge in [-0.2, -0.15) is 0 Å². The average molecular weight is 206 g/mol. The number of hydrogen-bond donors (Lipinski definition) is 2. The molecule has 0 heterocycles. The normalized spacial score (nSPS) is 10.2. The summed E-state index contributed by atoms with van der Waals surface area (Å²) in [7, 11) is 1.35. The van der Waals surface area contributed by atoms with E-state index in [9.17, 15) is 4.39 Å². The fraction of sp³-hybridized carbons (Fsp3) is 0.250. The second kappa shape index (κ2) is 4.41. The lowest BCUT2D eigenvalue weighted by molar-refractivity contribution is 0.159. The highest BCUT2D eigenvalue weighted by atomic mass is 35.5. The van der Waals surface area contributed by atoms with E-state index in [2.05, 4.69) is 0 Å². The Hall–Kier alpha value is -0.840. The van der Waals surface area contributed by atoms with Crippen molar-refractivity contribution in [3.8, 4) is 5.75 Å². The van der Waals surface area contributed by atoms with Crippen LogP contribution in [0.15, 0.2) is 12.1 Å². The van der Waals surface area contributed by atoms with Crippen LogP contribution in [-0.4, -0.2) is 12.3 Å². The molecule has 5 heteroatoms. The second-order valence-electron chi connectivity index (χ2n) is 2.42. The summed E-state index contributed by atoms with van der Waals surface area (Å²) in [5, 5.41) is 8.76. The van der Waals surface area contributed by atoms with Gasteiger partial charge >= 0.3 is 0 Å². The molecule has 3 nitrogen and oxygen atoms in total. The molecule has 0 amide bonds. The third kappa shape index (κ3) is 2.30. The molecule has 0 fully saturated rings. The monoisotopic (exact) mass is 205 g/mol. The minimum Gasteiger partial charge on any atom is -0.494 e. The predicted molar refractivity (Wildman–Crippen MR) is 46.6 cm³/mol. The van der Waals surface area contributed by atoms with Crippen molar-refractivity contribution in [2.24, 2.45) is 0 Å². The van der Waals surface area contributed by atoms with E-state index < -0.39 is 5.82 Å².